The van der Waals surface area contributed by atoms with Crippen molar-refractivity contribution in [3.63, 3.8) is 0 Å². The van der Waals surface area contributed by atoms with Crippen molar-refractivity contribution in [1.82, 2.24) is 0 Å². The quantitative estimate of drug-likeness (QED) is 0.831. The van der Waals surface area contributed by atoms with Gasteiger partial charge in [-0.2, -0.15) is 0 Å². The maximum atomic E-state index is 6.10. The largest absolute Gasteiger partial charge is 0.493 e. The molecule has 2 unspecified atom stereocenters. The minimum Gasteiger partial charge on any atom is -0.493 e. The first kappa shape index (κ1) is 16.1. The van der Waals surface area contributed by atoms with Crippen LogP contribution >= 0.6 is 11.6 Å². The lowest BCUT2D eigenvalue weighted by molar-refractivity contribution is 0.242. The van der Waals surface area contributed by atoms with Gasteiger partial charge in [0.1, 0.15) is 0 Å². The molecule has 2 atom stereocenters. The summed E-state index contributed by atoms with van der Waals surface area (Å²) in [6, 6.07) is 3.73. The van der Waals surface area contributed by atoms with E-state index in [1.165, 1.54) is 0 Å². The average Bonchev–Trinajstić information content (AvgIpc) is 2.35. The molecule has 1 rings (SSSR count). The maximum Gasteiger partial charge on any atom is 0.164 e. The highest BCUT2D eigenvalue weighted by Gasteiger charge is 2.15. The molecule has 0 aliphatic rings. The molecule has 19 heavy (non-hydrogen) atoms. The third kappa shape index (κ3) is 4.92. The van der Waals surface area contributed by atoms with E-state index >= 15 is 0 Å². The van der Waals surface area contributed by atoms with E-state index in [0.717, 1.165) is 17.7 Å². The minimum absolute atomic E-state index is 0.0501. The normalized spacial score (nSPS) is 14.0. The molecule has 3 nitrogen and oxygen atoms in total. The molecule has 0 aliphatic heterocycles. The molecule has 0 heterocycles. The molecule has 1 aromatic rings. The van der Waals surface area contributed by atoms with Crippen LogP contribution in [0.15, 0.2) is 12.1 Å². The molecule has 0 saturated carbocycles. The number of ether oxygens (including phenoxy) is 2. The predicted octanol–water partition coefficient (Wildman–Crippen LogP) is 3.66. The fraction of sp³-hybridized carbons (Fsp3) is 0.600. The smallest absolute Gasteiger partial charge is 0.164 e. The van der Waals surface area contributed by atoms with Gasteiger partial charge in [0.2, 0.25) is 0 Å². The first-order valence-corrected chi connectivity index (χ1v) is 7.10. The second-order valence-corrected chi connectivity index (χ2v) is 5.54. The van der Waals surface area contributed by atoms with Crippen molar-refractivity contribution >= 4 is 11.6 Å². The van der Waals surface area contributed by atoms with E-state index in [1.807, 2.05) is 13.0 Å². The highest BCUT2D eigenvalue weighted by Crippen LogP contribution is 2.35. The molecular weight excluding hydrogens is 262 g/mol. The Kier molecular flexibility index (Phi) is 6.46. The van der Waals surface area contributed by atoms with Crippen molar-refractivity contribution < 1.29 is 9.47 Å². The molecule has 0 aromatic heterocycles. The average molecular weight is 286 g/mol. The fourth-order valence-corrected chi connectivity index (χ4v) is 2.01. The molecule has 0 aliphatic carbocycles. The van der Waals surface area contributed by atoms with Gasteiger partial charge in [0.15, 0.2) is 11.5 Å². The Morgan fingerprint density at radius 1 is 1.32 bits per heavy atom. The Labute approximate surface area is 121 Å². The van der Waals surface area contributed by atoms with Crippen LogP contribution in [0.4, 0.5) is 0 Å². The maximum absolute atomic E-state index is 6.10. The number of rotatable bonds is 7. The number of benzene rings is 1. The Bertz CT molecular complexity index is 407. The van der Waals surface area contributed by atoms with Crippen LogP contribution in [0.25, 0.3) is 0 Å². The summed E-state index contributed by atoms with van der Waals surface area (Å²) in [5.74, 6) is 1.94. The van der Waals surface area contributed by atoms with Crippen LogP contribution in [0.5, 0.6) is 11.5 Å². The molecule has 0 saturated heterocycles. The molecule has 0 bridgehead atoms. The van der Waals surface area contributed by atoms with Crippen LogP contribution in [0, 0.1) is 5.92 Å². The SMILES string of the molecule is CCC(C)COc1c(CC(C)N)cc(Cl)cc1OC. The summed E-state index contributed by atoms with van der Waals surface area (Å²) in [6.07, 6.45) is 1.80. The van der Waals surface area contributed by atoms with Gasteiger partial charge in [0.25, 0.3) is 0 Å². The number of hydrogen-bond acceptors (Lipinski definition) is 3. The van der Waals surface area contributed by atoms with E-state index in [-0.39, 0.29) is 6.04 Å². The molecule has 4 heteroatoms. The highest BCUT2D eigenvalue weighted by atomic mass is 35.5. The Morgan fingerprint density at radius 2 is 2.00 bits per heavy atom. The second kappa shape index (κ2) is 7.61. The predicted molar refractivity (Wildman–Crippen MR) is 80.3 cm³/mol. The summed E-state index contributed by atoms with van der Waals surface area (Å²) in [4.78, 5) is 0. The molecule has 108 valence electrons. The molecule has 0 spiro atoms. The Hall–Kier alpha value is -0.930. The van der Waals surface area contributed by atoms with E-state index in [1.54, 1.807) is 13.2 Å². The van der Waals surface area contributed by atoms with Crippen molar-refractivity contribution in [2.75, 3.05) is 13.7 Å². The molecule has 0 amide bonds. The zero-order valence-electron chi connectivity index (χ0n) is 12.2. The van der Waals surface area contributed by atoms with Crippen molar-refractivity contribution in [2.45, 2.75) is 39.7 Å². The van der Waals surface area contributed by atoms with Crippen LogP contribution in [0.3, 0.4) is 0 Å². The van der Waals surface area contributed by atoms with Gasteiger partial charge < -0.3 is 15.2 Å². The lowest BCUT2D eigenvalue weighted by Gasteiger charge is -2.18. The summed E-state index contributed by atoms with van der Waals surface area (Å²) < 4.78 is 11.3. The van der Waals surface area contributed by atoms with E-state index in [9.17, 15) is 0 Å². The van der Waals surface area contributed by atoms with Crippen molar-refractivity contribution in [2.24, 2.45) is 11.7 Å². The van der Waals surface area contributed by atoms with Crippen LogP contribution in [-0.2, 0) is 6.42 Å². The summed E-state index contributed by atoms with van der Waals surface area (Å²) in [5.41, 5.74) is 6.88. The summed E-state index contributed by atoms with van der Waals surface area (Å²) in [6.45, 7) is 6.94. The topological polar surface area (TPSA) is 44.5 Å². The zero-order chi connectivity index (χ0) is 14.4. The van der Waals surface area contributed by atoms with Crippen LogP contribution < -0.4 is 15.2 Å². The van der Waals surface area contributed by atoms with Crippen molar-refractivity contribution in [3.05, 3.63) is 22.7 Å². The molecule has 0 fully saturated rings. The third-order valence-electron chi connectivity index (χ3n) is 3.07. The number of methoxy groups -OCH3 is 1. The summed E-state index contributed by atoms with van der Waals surface area (Å²) >= 11 is 6.10. The summed E-state index contributed by atoms with van der Waals surface area (Å²) in [5, 5.41) is 0.642. The molecular formula is C15H24ClNO2. The molecule has 2 N–H and O–H groups in total. The van der Waals surface area contributed by atoms with Gasteiger partial charge in [-0.15, -0.1) is 0 Å². The van der Waals surface area contributed by atoms with Gasteiger partial charge in [-0.1, -0.05) is 31.9 Å². The molecule has 1 aromatic carbocycles. The number of hydrogen-bond donors (Lipinski definition) is 1. The Morgan fingerprint density at radius 3 is 2.53 bits per heavy atom. The minimum atomic E-state index is 0.0501. The lowest BCUT2D eigenvalue weighted by atomic mass is 10.1. The Balaban J connectivity index is 3.01. The van der Waals surface area contributed by atoms with Gasteiger partial charge >= 0.3 is 0 Å². The van der Waals surface area contributed by atoms with E-state index in [4.69, 9.17) is 26.8 Å². The van der Waals surface area contributed by atoms with Gasteiger partial charge in [0, 0.05) is 22.7 Å². The van der Waals surface area contributed by atoms with Crippen molar-refractivity contribution in [1.29, 1.82) is 0 Å². The van der Waals surface area contributed by atoms with E-state index < -0.39 is 0 Å². The van der Waals surface area contributed by atoms with Crippen LogP contribution in [0.1, 0.15) is 32.8 Å². The van der Waals surface area contributed by atoms with Gasteiger partial charge in [-0.3, -0.25) is 0 Å². The second-order valence-electron chi connectivity index (χ2n) is 5.10. The fourth-order valence-electron chi connectivity index (χ4n) is 1.78. The van der Waals surface area contributed by atoms with Crippen molar-refractivity contribution in [3.8, 4) is 11.5 Å². The van der Waals surface area contributed by atoms with Gasteiger partial charge in [-0.05, 0) is 25.3 Å². The van der Waals surface area contributed by atoms with Gasteiger partial charge in [-0.25, -0.2) is 0 Å². The van der Waals surface area contributed by atoms with Gasteiger partial charge in [0.05, 0.1) is 13.7 Å². The van der Waals surface area contributed by atoms with Crippen LogP contribution in [-0.4, -0.2) is 19.8 Å². The lowest BCUT2D eigenvalue weighted by Crippen LogP contribution is -2.19. The first-order valence-electron chi connectivity index (χ1n) is 6.72. The molecule has 0 radical (unpaired) electrons. The first-order chi connectivity index (χ1) is 8.97. The van der Waals surface area contributed by atoms with Crippen LogP contribution in [0.2, 0.25) is 5.02 Å². The third-order valence-corrected chi connectivity index (χ3v) is 3.29. The standard InChI is InChI=1S/C15H24ClNO2/c1-5-10(2)9-19-15-12(6-11(3)17)7-13(16)8-14(15)18-4/h7-8,10-11H,5-6,9,17H2,1-4H3. The van der Waals surface area contributed by atoms with E-state index in [2.05, 4.69) is 13.8 Å². The number of nitrogens with two attached hydrogens (primary N) is 1. The monoisotopic (exact) mass is 285 g/mol. The number of halogens is 1. The highest BCUT2D eigenvalue weighted by molar-refractivity contribution is 6.30. The summed E-state index contributed by atoms with van der Waals surface area (Å²) in [7, 11) is 1.62. The zero-order valence-corrected chi connectivity index (χ0v) is 13.0. The van der Waals surface area contributed by atoms with E-state index in [0.29, 0.717) is 29.7 Å².